The van der Waals surface area contributed by atoms with Gasteiger partial charge in [0.1, 0.15) is 0 Å². The molecule has 0 heterocycles. The van der Waals surface area contributed by atoms with Crippen LogP contribution in [0.1, 0.15) is 25.7 Å². The van der Waals surface area contributed by atoms with Crippen LogP contribution < -0.4 is 34.7 Å². The number of hydrogen-bond acceptors (Lipinski definition) is 3. The van der Waals surface area contributed by atoms with Gasteiger partial charge in [0.05, 0.1) is 0 Å². The van der Waals surface area contributed by atoms with Crippen molar-refractivity contribution >= 4 is 17.7 Å². The third-order valence-corrected chi connectivity index (χ3v) is 1.93. The third kappa shape index (κ3) is 13.8. The number of unbranched alkanes of at least 4 members (excludes halogenated alkanes) is 2. The molecule has 0 aliphatic rings. The molecule has 0 spiro atoms. The summed E-state index contributed by atoms with van der Waals surface area (Å²) in [4.78, 5) is 9.92. The maximum atomic E-state index is 9.92. The van der Waals surface area contributed by atoms with E-state index < -0.39 is 5.97 Å². The van der Waals surface area contributed by atoms with E-state index >= 15 is 0 Å². The quantitative estimate of drug-likeness (QED) is 0.343. The van der Waals surface area contributed by atoms with Crippen molar-refractivity contribution in [1.29, 1.82) is 0 Å². The Morgan fingerprint density at radius 3 is 2.45 bits per heavy atom. The Morgan fingerprint density at radius 1 is 1.36 bits per heavy atom. The number of carboxylic acids is 1. The Labute approximate surface area is 94.4 Å². The molecule has 0 atom stereocenters. The van der Waals surface area contributed by atoms with E-state index in [0.29, 0.717) is 0 Å². The summed E-state index contributed by atoms with van der Waals surface area (Å²) >= 11 is 1.80. The van der Waals surface area contributed by atoms with E-state index in [0.717, 1.165) is 25.0 Å². The monoisotopic (exact) mass is 184 g/mol. The molecule has 0 unspecified atom stereocenters. The molecule has 0 saturated carbocycles. The van der Waals surface area contributed by atoms with Crippen molar-refractivity contribution < 1.29 is 39.5 Å². The average molecular weight is 184 g/mol. The standard InChI is InChI=1S/C7H14O2S.Na/c1-10-6-4-2-3-5-7(8)9;/h2-6H2,1H3,(H,8,9);/q;+1/p-1. The molecule has 0 aromatic carbocycles. The predicted octanol–water partition coefficient (Wildman–Crippen LogP) is -2.34. The Kier molecular flexibility index (Phi) is 14.1. The number of thioether (sulfide) groups is 1. The second kappa shape index (κ2) is 10.8. The van der Waals surface area contributed by atoms with E-state index in [4.69, 9.17) is 0 Å². The number of carbonyl (C=O) groups is 1. The fraction of sp³-hybridized carbons (Fsp3) is 0.857. The van der Waals surface area contributed by atoms with Crippen LogP contribution in [-0.4, -0.2) is 18.0 Å². The minimum absolute atomic E-state index is 0. The van der Waals surface area contributed by atoms with Gasteiger partial charge in [0, 0.05) is 5.97 Å². The summed E-state index contributed by atoms with van der Waals surface area (Å²) in [5, 5.41) is 9.92. The van der Waals surface area contributed by atoms with Gasteiger partial charge in [0.2, 0.25) is 0 Å². The van der Waals surface area contributed by atoms with Crippen molar-refractivity contribution in [3.8, 4) is 0 Å². The number of aliphatic carboxylic acids is 1. The largest absolute Gasteiger partial charge is 1.00 e. The fourth-order valence-corrected chi connectivity index (χ4v) is 1.19. The van der Waals surface area contributed by atoms with Gasteiger partial charge >= 0.3 is 29.6 Å². The third-order valence-electron chi connectivity index (χ3n) is 1.23. The molecule has 0 aliphatic carbocycles. The number of carboxylic acid groups (broad SMARTS) is 1. The molecule has 11 heavy (non-hydrogen) atoms. The Bertz CT molecular complexity index is 98.4. The maximum absolute atomic E-state index is 9.92. The van der Waals surface area contributed by atoms with Crippen LogP contribution in [0.5, 0.6) is 0 Å². The molecule has 0 amide bonds. The van der Waals surface area contributed by atoms with Gasteiger partial charge in [-0.2, -0.15) is 11.8 Å². The van der Waals surface area contributed by atoms with Gasteiger partial charge in [-0.25, -0.2) is 0 Å². The molecule has 60 valence electrons. The second-order valence-corrected chi connectivity index (χ2v) is 3.16. The number of rotatable bonds is 6. The average Bonchev–Trinajstić information content (AvgIpc) is 1.87. The van der Waals surface area contributed by atoms with Crippen molar-refractivity contribution in [3.63, 3.8) is 0 Å². The SMILES string of the molecule is CSCCCCCC(=O)[O-].[Na+]. The van der Waals surface area contributed by atoms with E-state index in [1.165, 1.54) is 0 Å². The minimum Gasteiger partial charge on any atom is -0.550 e. The van der Waals surface area contributed by atoms with Crippen LogP contribution in [0.15, 0.2) is 0 Å². The predicted molar refractivity (Wildman–Crippen MR) is 41.9 cm³/mol. The van der Waals surface area contributed by atoms with Gasteiger partial charge in [-0.15, -0.1) is 0 Å². The van der Waals surface area contributed by atoms with Crippen LogP contribution in [0, 0.1) is 0 Å². The zero-order valence-corrected chi connectivity index (χ0v) is 10.1. The first-order valence-electron chi connectivity index (χ1n) is 3.46. The van der Waals surface area contributed by atoms with Crippen molar-refractivity contribution in [2.45, 2.75) is 25.7 Å². The Morgan fingerprint density at radius 2 is 2.00 bits per heavy atom. The Balaban J connectivity index is 0. The Hall–Kier alpha value is 0.820. The molecule has 0 N–H and O–H groups in total. The van der Waals surface area contributed by atoms with Crippen LogP contribution in [0.4, 0.5) is 0 Å². The zero-order valence-electron chi connectivity index (χ0n) is 7.26. The van der Waals surface area contributed by atoms with Crippen LogP contribution in [0.3, 0.4) is 0 Å². The normalized spacial score (nSPS) is 8.82. The van der Waals surface area contributed by atoms with Crippen molar-refractivity contribution in [2.75, 3.05) is 12.0 Å². The topological polar surface area (TPSA) is 40.1 Å². The second-order valence-electron chi connectivity index (χ2n) is 2.18. The van der Waals surface area contributed by atoms with E-state index in [-0.39, 0.29) is 36.0 Å². The summed E-state index contributed by atoms with van der Waals surface area (Å²) in [5.74, 6) is 0.205. The molecule has 0 saturated heterocycles. The molecular weight excluding hydrogens is 171 g/mol. The molecule has 2 nitrogen and oxygen atoms in total. The first kappa shape index (κ1) is 14.3. The summed E-state index contributed by atoms with van der Waals surface area (Å²) in [6.45, 7) is 0. The fourth-order valence-electron chi connectivity index (χ4n) is 0.693. The maximum Gasteiger partial charge on any atom is 1.00 e. The molecule has 0 fully saturated rings. The van der Waals surface area contributed by atoms with Gasteiger partial charge in [0.15, 0.2) is 0 Å². The molecule has 0 aromatic heterocycles. The van der Waals surface area contributed by atoms with E-state index in [1.807, 2.05) is 0 Å². The number of carbonyl (C=O) groups excluding carboxylic acids is 1. The molecular formula is C7H13NaO2S. The van der Waals surface area contributed by atoms with Gasteiger partial charge in [-0.1, -0.05) is 6.42 Å². The number of hydrogen-bond donors (Lipinski definition) is 0. The molecule has 0 aromatic rings. The summed E-state index contributed by atoms with van der Waals surface area (Å²) in [5.41, 5.74) is 0. The van der Waals surface area contributed by atoms with Crippen LogP contribution in [-0.2, 0) is 4.79 Å². The van der Waals surface area contributed by atoms with Gasteiger partial charge < -0.3 is 9.90 Å². The van der Waals surface area contributed by atoms with Crippen LogP contribution in [0.25, 0.3) is 0 Å². The van der Waals surface area contributed by atoms with E-state index in [1.54, 1.807) is 11.8 Å². The van der Waals surface area contributed by atoms with Crippen molar-refractivity contribution in [2.24, 2.45) is 0 Å². The first-order chi connectivity index (χ1) is 4.77. The summed E-state index contributed by atoms with van der Waals surface area (Å²) < 4.78 is 0. The molecule has 0 rings (SSSR count). The van der Waals surface area contributed by atoms with Gasteiger partial charge in [-0.05, 0) is 31.3 Å². The first-order valence-corrected chi connectivity index (χ1v) is 4.85. The summed E-state index contributed by atoms with van der Waals surface area (Å²) in [7, 11) is 0. The van der Waals surface area contributed by atoms with Crippen molar-refractivity contribution in [3.05, 3.63) is 0 Å². The summed E-state index contributed by atoms with van der Waals surface area (Å²) in [6.07, 6.45) is 5.17. The molecule has 0 aliphatic heterocycles. The summed E-state index contributed by atoms with van der Waals surface area (Å²) in [6, 6.07) is 0. The van der Waals surface area contributed by atoms with Gasteiger partial charge in [0.25, 0.3) is 0 Å². The molecule has 0 bridgehead atoms. The van der Waals surface area contributed by atoms with Crippen LogP contribution in [0.2, 0.25) is 0 Å². The van der Waals surface area contributed by atoms with E-state index in [9.17, 15) is 9.90 Å². The van der Waals surface area contributed by atoms with Crippen LogP contribution >= 0.6 is 11.8 Å². The van der Waals surface area contributed by atoms with Crippen molar-refractivity contribution in [1.82, 2.24) is 0 Å². The van der Waals surface area contributed by atoms with E-state index in [2.05, 4.69) is 6.26 Å². The molecule has 0 radical (unpaired) electrons. The van der Waals surface area contributed by atoms with Gasteiger partial charge in [-0.3, -0.25) is 0 Å². The zero-order chi connectivity index (χ0) is 7.82. The minimum atomic E-state index is -0.927. The smallest absolute Gasteiger partial charge is 0.550 e. The molecule has 4 heteroatoms.